The number of fused-ring (bicyclic) bond motifs is 1. The van der Waals surface area contributed by atoms with Crippen molar-refractivity contribution in [2.24, 2.45) is 0 Å². The quantitative estimate of drug-likeness (QED) is 0.154. The number of hydrogen-bond acceptors (Lipinski definition) is 3. The summed E-state index contributed by atoms with van der Waals surface area (Å²) >= 11 is 0. The number of nitrogens with zero attached hydrogens (tertiary/aromatic N) is 3. The maximum atomic E-state index is 12.6. The van der Waals surface area contributed by atoms with E-state index in [0.29, 0.717) is 11.4 Å². The first-order valence-corrected chi connectivity index (χ1v) is 23.5. The molecule has 2 aromatic heterocycles. The molecule has 0 fully saturated rings. The van der Waals surface area contributed by atoms with Gasteiger partial charge in [0.25, 0.3) is 0 Å². The van der Waals surface area contributed by atoms with Crippen LogP contribution in [0.5, 0.6) is 5.75 Å². The standard InChI is InChI=1S/C63H62N3O.Pt/c1-60(2,3)47-30-31-55(51(38-47)42-24-17-13-18-25-42)66-56-29-21-28-50(57(56)65-59(66)52-39-48(61(4,5)6)40-53(58(52)67)62(7,8)9)44-34-45(36-49(35-44)63(10,11)46-26-19-14-20-27-46)54-37-43(32-33-64-54)41-22-15-12-16-23-41;/h12-33,35-40,67H,1-11H3;/q-1;. The Morgan fingerprint density at radius 3 is 1.71 bits per heavy atom. The van der Waals surface area contributed by atoms with E-state index < -0.39 is 0 Å². The first-order chi connectivity index (χ1) is 31.8. The van der Waals surface area contributed by atoms with Gasteiger partial charge in [-0.1, -0.05) is 209 Å². The normalized spacial score (nSPS) is 12.3. The van der Waals surface area contributed by atoms with Gasteiger partial charge in [0, 0.05) is 49.5 Å². The first kappa shape index (κ1) is 48.1. The van der Waals surface area contributed by atoms with Gasteiger partial charge in [-0.3, -0.25) is 9.55 Å². The zero-order valence-electron chi connectivity index (χ0n) is 41.3. The largest absolute Gasteiger partial charge is 0.507 e. The number of imidazole rings is 1. The Morgan fingerprint density at radius 2 is 1.07 bits per heavy atom. The Labute approximate surface area is 418 Å². The van der Waals surface area contributed by atoms with Crippen LogP contribution in [0.3, 0.4) is 0 Å². The van der Waals surface area contributed by atoms with Crippen molar-refractivity contribution < 1.29 is 26.2 Å². The number of benzene rings is 7. The second kappa shape index (κ2) is 18.3. The van der Waals surface area contributed by atoms with Crippen molar-refractivity contribution in [1.29, 1.82) is 0 Å². The van der Waals surface area contributed by atoms with Crippen LogP contribution in [-0.4, -0.2) is 19.6 Å². The molecule has 0 aliphatic carbocycles. The third-order valence-electron chi connectivity index (χ3n) is 13.4. The second-order valence-electron chi connectivity index (χ2n) is 21.7. The van der Waals surface area contributed by atoms with E-state index in [1.54, 1.807) is 0 Å². The summed E-state index contributed by atoms with van der Waals surface area (Å²) in [5, 5.41) is 12.6. The molecule has 0 aliphatic heterocycles. The van der Waals surface area contributed by atoms with Crippen LogP contribution < -0.4 is 0 Å². The average molecular weight is 1070 g/mol. The van der Waals surface area contributed by atoms with Crippen molar-refractivity contribution in [3.05, 3.63) is 204 Å². The summed E-state index contributed by atoms with van der Waals surface area (Å²) < 4.78 is 2.28. The van der Waals surface area contributed by atoms with Crippen molar-refractivity contribution in [1.82, 2.24) is 14.5 Å². The van der Waals surface area contributed by atoms with Crippen molar-refractivity contribution in [3.63, 3.8) is 0 Å². The Bertz CT molecular complexity index is 3260. The number of pyridine rings is 1. The molecular weight excluding hydrogens is 1010 g/mol. The molecule has 346 valence electrons. The molecule has 0 saturated carbocycles. The molecule has 9 aromatic rings. The minimum atomic E-state index is -0.364. The number of aromatic nitrogens is 3. The summed E-state index contributed by atoms with van der Waals surface area (Å²) in [7, 11) is 0. The van der Waals surface area contributed by atoms with Crippen LogP contribution in [0.25, 0.3) is 72.7 Å². The van der Waals surface area contributed by atoms with Gasteiger partial charge in [0.2, 0.25) is 0 Å². The van der Waals surface area contributed by atoms with Crippen LogP contribution in [0.4, 0.5) is 0 Å². The van der Waals surface area contributed by atoms with Gasteiger partial charge in [0.1, 0.15) is 11.6 Å². The van der Waals surface area contributed by atoms with E-state index in [1.165, 1.54) is 11.1 Å². The predicted molar refractivity (Wildman–Crippen MR) is 281 cm³/mol. The Hall–Kier alpha value is -6.35. The number of phenolic OH excluding ortho intramolecular Hbond substituents is 1. The molecule has 0 unspecified atom stereocenters. The molecule has 0 atom stereocenters. The maximum Gasteiger partial charge on any atom is 0.148 e. The molecule has 5 heteroatoms. The third kappa shape index (κ3) is 9.29. The molecule has 0 aliphatic rings. The smallest absolute Gasteiger partial charge is 0.148 e. The molecule has 1 N–H and O–H groups in total. The molecule has 7 aromatic carbocycles. The van der Waals surface area contributed by atoms with Gasteiger partial charge < -0.3 is 5.11 Å². The van der Waals surface area contributed by atoms with Crippen molar-refractivity contribution >= 4 is 11.0 Å². The number of para-hydroxylation sites is 1. The predicted octanol–water partition coefficient (Wildman–Crippen LogP) is 16.5. The van der Waals surface area contributed by atoms with E-state index >= 15 is 0 Å². The Kier molecular flexibility index (Phi) is 12.9. The molecule has 9 rings (SSSR count). The van der Waals surface area contributed by atoms with Crippen LogP contribution in [0.2, 0.25) is 0 Å². The van der Waals surface area contributed by atoms with Gasteiger partial charge in [0.05, 0.1) is 22.3 Å². The molecule has 68 heavy (non-hydrogen) atoms. The molecular formula is C63H62N3OPt-. The summed E-state index contributed by atoms with van der Waals surface area (Å²) in [5.41, 5.74) is 16.1. The van der Waals surface area contributed by atoms with Gasteiger partial charge in [-0.05, 0) is 80.0 Å². The molecule has 0 spiro atoms. The van der Waals surface area contributed by atoms with E-state index in [-0.39, 0.29) is 48.5 Å². The van der Waals surface area contributed by atoms with Crippen LogP contribution in [0.1, 0.15) is 104 Å². The van der Waals surface area contributed by atoms with Gasteiger partial charge in [-0.2, -0.15) is 0 Å². The fraction of sp³-hybridized carbons (Fsp3) is 0.238. The second-order valence-corrected chi connectivity index (χ2v) is 21.7. The first-order valence-electron chi connectivity index (χ1n) is 23.5. The molecule has 4 nitrogen and oxygen atoms in total. The minimum absolute atomic E-state index is 0. The van der Waals surface area contributed by atoms with Gasteiger partial charge >= 0.3 is 0 Å². The maximum absolute atomic E-state index is 12.6. The van der Waals surface area contributed by atoms with Crippen LogP contribution in [0.15, 0.2) is 170 Å². The van der Waals surface area contributed by atoms with Gasteiger partial charge in [-0.15, -0.1) is 29.3 Å². The van der Waals surface area contributed by atoms with Crippen molar-refractivity contribution in [3.8, 4) is 67.5 Å². The summed E-state index contributed by atoms with van der Waals surface area (Å²) in [6.45, 7) is 24.6. The zero-order valence-corrected chi connectivity index (χ0v) is 43.5. The van der Waals surface area contributed by atoms with Gasteiger partial charge in [-0.25, -0.2) is 4.98 Å². The number of aromatic hydroxyl groups is 1. The fourth-order valence-electron chi connectivity index (χ4n) is 9.22. The van der Waals surface area contributed by atoms with E-state index in [4.69, 9.17) is 9.97 Å². The van der Waals surface area contributed by atoms with E-state index in [0.717, 1.165) is 78.0 Å². The summed E-state index contributed by atoms with van der Waals surface area (Å²) in [6.07, 6.45) is 1.90. The van der Waals surface area contributed by atoms with Crippen molar-refractivity contribution in [2.75, 3.05) is 0 Å². The zero-order chi connectivity index (χ0) is 47.5. The summed E-state index contributed by atoms with van der Waals surface area (Å²) in [4.78, 5) is 10.7. The minimum Gasteiger partial charge on any atom is -0.507 e. The monoisotopic (exact) mass is 1070 g/mol. The molecule has 0 radical (unpaired) electrons. The van der Waals surface area contributed by atoms with E-state index in [1.807, 2.05) is 12.3 Å². The molecule has 0 saturated heterocycles. The van der Waals surface area contributed by atoms with Crippen molar-refractivity contribution in [2.45, 2.75) is 97.8 Å². The Morgan fingerprint density at radius 1 is 0.471 bits per heavy atom. The molecule has 0 bridgehead atoms. The SMILES string of the molecule is CC(C)(C)c1ccc(-n2c(-c3cc(C(C)(C)C)cc(C(C)(C)C)c3O)nc3c(-c4[c-]c(-c5cc(-c6ccccc6)ccn5)cc(C(C)(C)c5ccccc5)c4)cccc32)c(-c2ccccc2)c1.[Pt]. The Balaban J connectivity index is 0.00000625. The van der Waals surface area contributed by atoms with Crippen LogP contribution in [0, 0.1) is 6.07 Å². The van der Waals surface area contributed by atoms with Crippen LogP contribution >= 0.6 is 0 Å². The van der Waals surface area contributed by atoms with Gasteiger partial charge in [0.15, 0.2) is 0 Å². The number of phenols is 1. The number of hydrogen-bond donors (Lipinski definition) is 1. The summed E-state index contributed by atoms with van der Waals surface area (Å²) in [5.74, 6) is 0.923. The van der Waals surface area contributed by atoms with E-state index in [9.17, 15) is 5.11 Å². The number of rotatable bonds is 8. The van der Waals surface area contributed by atoms with Crippen LogP contribution in [-0.2, 0) is 42.7 Å². The fourth-order valence-corrected chi connectivity index (χ4v) is 9.22. The molecule has 2 heterocycles. The summed E-state index contributed by atoms with van der Waals surface area (Å²) in [6, 6.07) is 62.1. The third-order valence-corrected chi connectivity index (χ3v) is 13.4. The topological polar surface area (TPSA) is 50.9 Å². The van der Waals surface area contributed by atoms with E-state index in [2.05, 4.69) is 245 Å². The average Bonchev–Trinajstić information content (AvgIpc) is 3.70. The molecule has 0 amide bonds.